The Morgan fingerprint density at radius 1 is 0.692 bits per heavy atom. The van der Waals surface area contributed by atoms with E-state index in [-0.39, 0.29) is 6.04 Å². The third-order valence-corrected chi connectivity index (χ3v) is 4.72. The van der Waals surface area contributed by atoms with Gasteiger partial charge in [0.1, 0.15) is 5.75 Å². The fraction of sp³-hybridized carbons (Fsp3) is 0.0833. The summed E-state index contributed by atoms with van der Waals surface area (Å²) in [6, 6.07) is 32.5. The molecule has 4 rings (SSSR count). The van der Waals surface area contributed by atoms with E-state index in [2.05, 4.69) is 41.7 Å². The molecule has 0 radical (unpaired) electrons. The van der Waals surface area contributed by atoms with Crippen LogP contribution in [0.4, 0.5) is 0 Å². The number of phenols is 1. The number of hydrogen-bond acceptors (Lipinski definition) is 2. The van der Waals surface area contributed by atoms with Crippen molar-refractivity contribution < 1.29 is 5.11 Å². The highest BCUT2D eigenvalue weighted by Crippen LogP contribution is 2.35. The summed E-state index contributed by atoms with van der Waals surface area (Å²) in [6.07, 6.45) is 0. The lowest BCUT2D eigenvalue weighted by Crippen LogP contribution is -2.22. The normalized spacial score (nSPS) is 12.2. The van der Waals surface area contributed by atoms with Crippen molar-refractivity contribution in [3.63, 3.8) is 0 Å². The Balaban J connectivity index is 1.80. The topological polar surface area (TPSA) is 32.3 Å². The average Bonchev–Trinajstić information content (AvgIpc) is 2.71. The zero-order valence-corrected chi connectivity index (χ0v) is 14.5. The molecule has 0 unspecified atom stereocenters. The summed E-state index contributed by atoms with van der Waals surface area (Å²) < 4.78 is 0. The van der Waals surface area contributed by atoms with Gasteiger partial charge in [-0.05, 0) is 28.0 Å². The monoisotopic (exact) mass is 339 g/mol. The first-order chi connectivity index (χ1) is 12.8. The van der Waals surface area contributed by atoms with Crippen molar-refractivity contribution in [3.05, 3.63) is 114 Å². The summed E-state index contributed by atoms with van der Waals surface area (Å²) in [4.78, 5) is 0. The van der Waals surface area contributed by atoms with Gasteiger partial charge < -0.3 is 10.4 Å². The Labute approximate surface area is 153 Å². The molecule has 0 aliphatic heterocycles. The van der Waals surface area contributed by atoms with E-state index < -0.39 is 0 Å². The van der Waals surface area contributed by atoms with E-state index in [1.165, 1.54) is 5.56 Å². The molecule has 0 spiro atoms. The predicted molar refractivity (Wildman–Crippen MR) is 107 cm³/mol. The van der Waals surface area contributed by atoms with Gasteiger partial charge in [-0.15, -0.1) is 0 Å². The maximum absolute atomic E-state index is 10.7. The maximum atomic E-state index is 10.7. The Morgan fingerprint density at radius 3 is 2.12 bits per heavy atom. The van der Waals surface area contributed by atoms with Gasteiger partial charge >= 0.3 is 0 Å². The van der Waals surface area contributed by atoms with E-state index >= 15 is 0 Å². The second-order valence-corrected chi connectivity index (χ2v) is 6.43. The Hall–Kier alpha value is -3.10. The lowest BCUT2D eigenvalue weighted by atomic mass is 9.92. The average molecular weight is 339 g/mol. The van der Waals surface area contributed by atoms with E-state index in [0.717, 1.165) is 28.4 Å². The number of nitrogens with one attached hydrogen (secondary N) is 1. The van der Waals surface area contributed by atoms with Gasteiger partial charge in [0.05, 0.1) is 6.04 Å². The third kappa shape index (κ3) is 3.32. The molecule has 2 N–H and O–H groups in total. The molecule has 4 aromatic carbocycles. The van der Waals surface area contributed by atoms with E-state index in [1.54, 1.807) is 6.07 Å². The van der Waals surface area contributed by atoms with E-state index in [4.69, 9.17) is 0 Å². The Kier molecular flexibility index (Phi) is 4.67. The van der Waals surface area contributed by atoms with Crippen molar-refractivity contribution >= 4 is 10.8 Å². The van der Waals surface area contributed by atoms with Crippen LogP contribution in [0.1, 0.15) is 22.7 Å². The van der Waals surface area contributed by atoms with E-state index in [1.807, 2.05) is 54.6 Å². The molecule has 0 fully saturated rings. The molecular formula is C24H21NO. The molecule has 0 aliphatic carbocycles. The van der Waals surface area contributed by atoms with Crippen LogP contribution >= 0.6 is 0 Å². The Morgan fingerprint density at radius 2 is 1.35 bits per heavy atom. The minimum absolute atomic E-state index is 0.0949. The number of rotatable bonds is 5. The van der Waals surface area contributed by atoms with Crippen LogP contribution in [0.3, 0.4) is 0 Å². The molecule has 26 heavy (non-hydrogen) atoms. The quantitative estimate of drug-likeness (QED) is 0.508. The minimum Gasteiger partial charge on any atom is -0.508 e. The van der Waals surface area contributed by atoms with Crippen LogP contribution in [-0.2, 0) is 6.54 Å². The number of aromatic hydroxyl groups is 1. The fourth-order valence-electron chi connectivity index (χ4n) is 3.44. The van der Waals surface area contributed by atoms with Gasteiger partial charge in [0.2, 0.25) is 0 Å². The first-order valence-electron chi connectivity index (χ1n) is 8.86. The number of hydrogen-bond donors (Lipinski definition) is 2. The molecule has 2 heteroatoms. The van der Waals surface area contributed by atoms with Crippen molar-refractivity contribution in [1.82, 2.24) is 5.32 Å². The van der Waals surface area contributed by atoms with Gasteiger partial charge in [0, 0.05) is 12.1 Å². The molecule has 4 aromatic rings. The fourth-order valence-corrected chi connectivity index (χ4v) is 3.44. The highest BCUT2D eigenvalue weighted by molar-refractivity contribution is 5.88. The molecule has 0 amide bonds. The summed E-state index contributed by atoms with van der Waals surface area (Å²) >= 11 is 0. The lowest BCUT2D eigenvalue weighted by molar-refractivity contribution is 0.458. The van der Waals surface area contributed by atoms with Gasteiger partial charge in [-0.25, -0.2) is 0 Å². The Bertz CT molecular complexity index is 996. The van der Waals surface area contributed by atoms with Crippen molar-refractivity contribution in [2.75, 3.05) is 0 Å². The highest BCUT2D eigenvalue weighted by atomic mass is 16.3. The number of phenolic OH excluding ortho intramolecular Hbond substituents is 1. The van der Waals surface area contributed by atoms with Gasteiger partial charge in [-0.3, -0.25) is 0 Å². The van der Waals surface area contributed by atoms with Crippen molar-refractivity contribution in [2.24, 2.45) is 0 Å². The van der Waals surface area contributed by atoms with E-state index in [9.17, 15) is 5.11 Å². The van der Waals surface area contributed by atoms with Crippen LogP contribution in [0, 0.1) is 0 Å². The molecule has 0 bridgehead atoms. The summed E-state index contributed by atoms with van der Waals surface area (Å²) in [6.45, 7) is 0.725. The van der Waals surface area contributed by atoms with Crippen LogP contribution in [0.15, 0.2) is 97.1 Å². The summed E-state index contributed by atoms with van der Waals surface area (Å²) in [5.41, 5.74) is 3.27. The molecule has 2 nitrogen and oxygen atoms in total. The highest BCUT2D eigenvalue weighted by Gasteiger charge is 2.20. The second kappa shape index (κ2) is 7.42. The van der Waals surface area contributed by atoms with Gasteiger partial charge in [-0.2, -0.15) is 0 Å². The molecule has 128 valence electrons. The molecule has 0 aromatic heterocycles. The summed E-state index contributed by atoms with van der Waals surface area (Å²) in [5, 5.41) is 16.5. The van der Waals surface area contributed by atoms with Crippen molar-refractivity contribution in [1.29, 1.82) is 0 Å². The maximum Gasteiger partial charge on any atom is 0.121 e. The van der Waals surface area contributed by atoms with Gasteiger partial charge in [0.15, 0.2) is 0 Å². The smallest absolute Gasteiger partial charge is 0.121 e. The van der Waals surface area contributed by atoms with Gasteiger partial charge in [-0.1, -0.05) is 91.0 Å². The predicted octanol–water partition coefficient (Wildman–Crippen LogP) is 5.42. The molecule has 1 atom stereocenters. The summed E-state index contributed by atoms with van der Waals surface area (Å²) in [7, 11) is 0. The van der Waals surface area contributed by atoms with Crippen molar-refractivity contribution in [2.45, 2.75) is 12.6 Å². The lowest BCUT2D eigenvalue weighted by Gasteiger charge is -2.23. The molecule has 0 aliphatic rings. The largest absolute Gasteiger partial charge is 0.508 e. The summed E-state index contributed by atoms with van der Waals surface area (Å²) in [5.74, 6) is 0.318. The molecule has 0 saturated heterocycles. The SMILES string of the molecule is Oc1ccc2ccccc2c1[C@@H](NCc1ccccc1)c1ccccc1. The minimum atomic E-state index is -0.0949. The zero-order chi connectivity index (χ0) is 17.8. The molecule has 0 saturated carbocycles. The number of fused-ring (bicyclic) bond motifs is 1. The first-order valence-corrected chi connectivity index (χ1v) is 8.86. The second-order valence-electron chi connectivity index (χ2n) is 6.43. The number of benzene rings is 4. The third-order valence-electron chi connectivity index (χ3n) is 4.72. The molecular weight excluding hydrogens is 318 g/mol. The van der Waals surface area contributed by atoms with Crippen LogP contribution in [-0.4, -0.2) is 5.11 Å². The van der Waals surface area contributed by atoms with Crippen LogP contribution in [0.2, 0.25) is 0 Å². The van der Waals surface area contributed by atoms with Crippen LogP contribution < -0.4 is 5.32 Å². The standard InChI is InChI=1S/C24H21NO/c26-22-16-15-19-11-7-8-14-21(19)23(22)24(20-12-5-2-6-13-20)25-17-18-9-3-1-4-10-18/h1-16,24-26H,17H2/t24-/m0/s1. The van der Waals surface area contributed by atoms with E-state index in [0.29, 0.717) is 5.75 Å². The molecule has 0 heterocycles. The van der Waals surface area contributed by atoms with Gasteiger partial charge in [0.25, 0.3) is 0 Å². The van der Waals surface area contributed by atoms with Crippen molar-refractivity contribution in [3.8, 4) is 5.75 Å². The zero-order valence-electron chi connectivity index (χ0n) is 14.5. The van der Waals surface area contributed by atoms with Crippen LogP contribution in [0.25, 0.3) is 10.8 Å². The first kappa shape index (κ1) is 16.4. The van der Waals surface area contributed by atoms with Crippen LogP contribution in [0.5, 0.6) is 5.75 Å².